The second-order valence-electron chi connectivity index (χ2n) is 8.30. The van der Waals surface area contributed by atoms with Crippen molar-refractivity contribution in [2.45, 2.75) is 77.2 Å². The molecule has 1 aromatic rings. The van der Waals surface area contributed by atoms with Crippen LogP contribution < -0.4 is 4.74 Å². The average Bonchev–Trinajstić information content (AvgIpc) is 2.81. The molecule has 0 saturated heterocycles. The van der Waals surface area contributed by atoms with Gasteiger partial charge in [0.25, 0.3) is 0 Å². The van der Waals surface area contributed by atoms with Gasteiger partial charge >= 0.3 is 11.7 Å². The Morgan fingerprint density at radius 2 is 1.88 bits per heavy atom. The van der Waals surface area contributed by atoms with E-state index in [0.29, 0.717) is 32.3 Å². The maximum absolute atomic E-state index is 13.0. The zero-order valence-electron chi connectivity index (χ0n) is 19.3. The summed E-state index contributed by atoms with van der Waals surface area (Å²) in [6.45, 7) is 2.62. The van der Waals surface area contributed by atoms with E-state index in [1.165, 1.54) is 31.5 Å². The summed E-state index contributed by atoms with van der Waals surface area (Å²) in [6.07, 6.45) is 9.15. The minimum atomic E-state index is -0.628. The summed E-state index contributed by atoms with van der Waals surface area (Å²) in [4.78, 5) is 47.5. The molecule has 0 radical (unpaired) electrons. The van der Waals surface area contributed by atoms with Gasteiger partial charge in [0.1, 0.15) is 0 Å². The molecule has 1 aliphatic rings. The molecule has 9 nitrogen and oxygen atoms in total. The van der Waals surface area contributed by atoms with E-state index in [4.69, 9.17) is 9.47 Å². The van der Waals surface area contributed by atoms with Crippen molar-refractivity contribution in [3.63, 3.8) is 0 Å². The molecule has 1 amide bonds. The van der Waals surface area contributed by atoms with Crippen LogP contribution in [0.15, 0.2) is 18.2 Å². The van der Waals surface area contributed by atoms with Crippen molar-refractivity contribution < 1.29 is 28.8 Å². The third-order valence-electron chi connectivity index (χ3n) is 5.82. The number of nitro groups is 1. The van der Waals surface area contributed by atoms with E-state index in [9.17, 15) is 24.5 Å². The van der Waals surface area contributed by atoms with E-state index in [1.807, 2.05) is 4.90 Å². The molecule has 0 bridgehead atoms. The van der Waals surface area contributed by atoms with Crippen LogP contribution in [-0.2, 0) is 14.3 Å². The Hall–Kier alpha value is -2.97. The summed E-state index contributed by atoms with van der Waals surface area (Å²) in [6, 6.07) is 4.61. The number of carbonyl (C=O) groups excluding carboxylic acids is 3. The lowest BCUT2D eigenvalue weighted by Crippen LogP contribution is -2.42. The van der Waals surface area contributed by atoms with Crippen LogP contribution >= 0.6 is 0 Å². The number of unbranched alkanes of at least 4 members (excludes halogenated alkanes) is 2. The molecule has 2 rings (SSSR count). The van der Waals surface area contributed by atoms with Gasteiger partial charge in [-0.1, -0.05) is 25.3 Å². The van der Waals surface area contributed by atoms with Crippen LogP contribution in [0.1, 0.15) is 81.5 Å². The highest BCUT2D eigenvalue weighted by Gasteiger charge is 2.25. The molecule has 1 fully saturated rings. The van der Waals surface area contributed by atoms with Crippen LogP contribution in [-0.4, -0.2) is 53.8 Å². The topological polar surface area (TPSA) is 116 Å². The van der Waals surface area contributed by atoms with Gasteiger partial charge in [0, 0.05) is 25.9 Å². The fourth-order valence-corrected chi connectivity index (χ4v) is 4.18. The first-order valence-electron chi connectivity index (χ1n) is 11.7. The largest absolute Gasteiger partial charge is 0.487 e. The number of ether oxygens (including phenoxy) is 2. The van der Waals surface area contributed by atoms with Gasteiger partial charge in [-0.05, 0) is 50.7 Å². The summed E-state index contributed by atoms with van der Waals surface area (Å²) in [5.41, 5.74) is -0.387. The normalized spacial score (nSPS) is 13.8. The molecule has 0 N–H and O–H groups in total. The van der Waals surface area contributed by atoms with Gasteiger partial charge in [-0.3, -0.25) is 24.5 Å². The minimum Gasteiger partial charge on any atom is -0.487 e. The molecule has 0 atom stereocenters. The first kappa shape index (κ1) is 26.3. The molecular weight excluding hydrogens is 428 g/mol. The van der Waals surface area contributed by atoms with Crippen molar-refractivity contribution in [2.75, 3.05) is 19.8 Å². The van der Waals surface area contributed by atoms with Gasteiger partial charge in [0.05, 0.1) is 23.7 Å². The minimum absolute atomic E-state index is 0.0361. The standard InChI is InChI=1S/C24H34N2O7/c1-19(28)32-16-7-3-6-15-25(21-11-4-2-5-12-21)23(29)14-9-17-33-22-13-8-10-20(18-27)24(22)26(30)31/h8,10,13,18,21H,2-7,9,11-12,14-17H2,1H3. The van der Waals surface area contributed by atoms with Crippen molar-refractivity contribution in [3.05, 3.63) is 33.9 Å². The number of hydrogen-bond donors (Lipinski definition) is 0. The number of amides is 1. The van der Waals surface area contributed by atoms with E-state index < -0.39 is 4.92 Å². The third-order valence-corrected chi connectivity index (χ3v) is 5.82. The number of nitrogens with zero attached hydrogens (tertiary/aromatic N) is 2. The summed E-state index contributed by atoms with van der Waals surface area (Å²) in [5.74, 6) is -0.171. The maximum Gasteiger partial charge on any atom is 0.321 e. The molecule has 33 heavy (non-hydrogen) atoms. The highest BCUT2D eigenvalue weighted by molar-refractivity contribution is 5.83. The average molecular weight is 463 g/mol. The zero-order valence-corrected chi connectivity index (χ0v) is 19.3. The van der Waals surface area contributed by atoms with E-state index in [0.717, 1.165) is 44.9 Å². The first-order chi connectivity index (χ1) is 15.9. The van der Waals surface area contributed by atoms with Crippen LogP contribution in [0.5, 0.6) is 5.75 Å². The molecule has 182 valence electrons. The smallest absolute Gasteiger partial charge is 0.321 e. The lowest BCUT2D eigenvalue weighted by Gasteiger charge is -2.34. The number of para-hydroxylation sites is 1. The Bertz CT molecular complexity index is 806. The van der Waals surface area contributed by atoms with E-state index in [2.05, 4.69) is 0 Å². The molecule has 0 unspecified atom stereocenters. The summed E-state index contributed by atoms with van der Waals surface area (Å²) < 4.78 is 10.5. The lowest BCUT2D eigenvalue weighted by molar-refractivity contribution is -0.386. The van der Waals surface area contributed by atoms with Crippen LogP contribution in [0.3, 0.4) is 0 Å². The maximum atomic E-state index is 13.0. The van der Waals surface area contributed by atoms with Gasteiger partial charge < -0.3 is 14.4 Å². The van der Waals surface area contributed by atoms with E-state index >= 15 is 0 Å². The number of hydrogen-bond acceptors (Lipinski definition) is 7. The summed E-state index contributed by atoms with van der Waals surface area (Å²) >= 11 is 0. The van der Waals surface area contributed by atoms with Gasteiger partial charge in [0.15, 0.2) is 12.0 Å². The fourth-order valence-electron chi connectivity index (χ4n) is 4.18. The van der Waals surface area contributed by atoms with Crippen molar-refractivity contribution in [3.8, 4) is 5.75 Å². The number of esters is 1. The molecule has 1 aliphatic carbocycles. The number of carbonyl (C=O) groups is 3. The number of nitro benzene ring substituents is 1. The van der Waals surface area contributed by atoms with Crippen molar-refractivity contribution in [2.24, 2.45) is 0 Å². The molecular formula is C24H34N2O7. The highest BCUT2D eigenvalue weighted by Crippen LogP contribution is 2.30. The van der Waals surface area contributed by atoms with Crippen LogP contribution in [0.4, 0.5) is 5.69 Å². The van der Waals surface area contributed by atoms with Crippen molar-refractivity contribution >= 4 is 23.9 Å². The van der Waals surface area contributed by atoms with Gasteiger partial charge in [-0.2, -0.15) is 0 Å². The Morgan fingerprint density at radius 3 is 2.55 bits per heavy atom. The fraction of sp³-hybridized carbons (Fsp3) is 0.625. The highest BCUT2D eigenvalue weighted by atomic mass is 16.6. The molecule has 0 aliphatic heterocycles. The van der Waals surface area contributed by atoms with Crippen LogP contribution in [0.25, 0.3) is 0 Å². The summed E-state index contributed by atoms with van der Waals surface area (Å²) in [5, 5.41) is 11.3. The molecule has 0 aromatic heterocycles. The van der Waals surface area contributed by atoms with Gasteiger partial charge in [-0.25, -0.2) is 0 Å². The second kappa shape index (κ2) is 14.2. The number of rotatable bonds is 14. The zero-order chi connectivity index (χ0) is 24.1. The van der Waals surface area contributed by atoms with Crippen LogP contribution in [0, 0.1) is 10.1 Å². The molecule has 1 saturated carbocycles. The third kappa shape index (κ3) is 8.82. The summed E-state index contributed by atoms with van der Waals surface area (Å²) in [7, 11) is 0. The Kier molecular flexibility index (Phi) is 11.3. The number of benzene rings is 1. The van der Waals surface area contributed by atoms with Crippen molar-refractivity contribution in [1.82, 2.24) is 4.90 Å². The molecule has 0 spiro atoms. The Morgan fingerprint density at radius 1 is 1.12 bits per heavy atom. The van der Waals surface area contributed by atoms with Gasteiger partial charge in [0.2, 0.25) is 5.91 Å². The van der Waals surface area contributed by atoms with Crippen LogP contribution in [0.2, 0.25) is 0 Å². The van der Waals surface area contributed by atoms with Crippen molar-refractivity contribution in [1.29, 1.82) is 0 Å². The van der Waals surface area contributed by atoms with E-state index in [-0.39, 0.29) is 41.5 Å². The molecule has 9 heteroatoms. The van der Waals surface area contributed by atoms with E-state index in [1.54, 1.807) is 0 Å². The predicted octanol–water partition coefficient (Wildman–Crippen LogP) is 4.46. The second-order valence-corrected chi connectivity index (χ2v) is 8.30. The molecule has 0 heterocycles. The SMILES string of the molecule is CC(=O)OCCCCCN(C(=O)CCCOc1cccc(C=O)c1[N+](=O)[O-])C1CCCCC1. The van der Waals surface area contributed by atoms with Gasteiger partial charge in [-0.15, -0.1) is 0 Å². The number of aldehydes is 1. The predicted molar refractivity (Wildman–Crippen MR) is 122 cm³/mol. The Balaban J connectivity index is 1.85. The molecule has 1 aromatic carbocycles. The monoisotopic (exact) mass is 462 g/mol. The lowest BCUT2D eigenvalue weighted by atomic mass is 9.93. The quantitative estimate of drug-likeness (QED) is 0.132. The Labute approximate surface area is 194 Å². The first-order valence-corrected chi connectivity index (χ1v) is 11.7.